The Morgan fingerprint density at radius 2 is 1.67 bits per heavy atom. The molecular formula is C24H22N4O2. The van der Waals surface area contributed by atoms with Crippen molar-refractivity contribution in [1.29, 1.82) is 0 Å². The van der Waals surface area contributed by atoms with Crippen LogP contribution in [0.1, 0.15) is 19.3 Å². The summed E-state index contributed by atoms with van der Waals surface area (Å²) in [5.41, 5.74) is 10.9. The molecule has 2 N–H and O–H groups in total. The summed E-state index contributed by atoms with van der Waals surface area (Å²) in [6, 6.07) is 21.7. The molecule has 0 amide bonds. The molecule has 0 saturated carbocycles. The molecule has 1 unspecified atom stereocenters. The summed E-state index contributed by atoms with van der Waals surface area (Å²) in [5, 5.41) is 0. The van der Waals surface area contributed by atoms with E-state index in [1.165, 1.54) is 0 Å². The minimum absolute atomic E-state index is 0.153. The van der Waals surface area contributed by atoms with Gasteiger partial charge in [0, 0.05) is 17.5 Å². The molecule has 0 spiro atoms. The van der Waals surface area contributed by atoms with Crippen molar-refractivity contribution in [2.45, 2.75) is 25.6 Å². The molecule has 30 heavy (non-hydrogen) atoms. The number of rotatable bonds is 4. The van der Waals surface area contributed by atoms with E-state index in [2.05, 4.69) is 9.97 Å². The molecule has 1 saturated heterocycles. The Kier molecular flexibility index (Phi) is 4.99. The average molecular weight is 398 g/mol. The minimum atomic E-state index is -0.153. The summed E-state index contributed by atoms with van der Waals surface area (Å²) in [5.74, 6) is 1.04. The van der Waals surface area contributed by atoms with E-state index in [4.69, 9.17) is 20.2 Å². The molecule has 0 radical (unpaired) electrons. The van der Waals surface area contributed by atoms with Crippen molar-refractivity contribution in [3.8, 4) is 28.3 Å². The summed E-state index contributed by atoms with van der Waals surface area (Å²) >= 11 is 0. The maximum atomic E-state index is 5.93. The van der Waals surface area contributed by atoms with Crippen LogP contribution in [-0.4, -0.2) is 27.8 Å². The Morgan fingerprint density at radius 3 is 2.43 bits per heavy atom. The van der Waals surface area contributed by atoms with Gasteiger partial charge in [-0.15, -0.1) is 0 Å². The number of benzene rings is 2. The number of nitrogens with zero attached hydrogens (tertiary/aromatic N) is 3. The molecule has 1 aliphatic heterocycles. The number of nitrogen functional groups attached to an aromatic ring is 1. The molecule has 1 aliphatic rings. The molecule has 6 nitrogen and oxygen atoms in total. The zero-order valence-corrected chi connectivity index (χ0v) is 16.5. The Morgan fingerprint density at radius 1 is 0.833 bits per heavy atom. The minimum Gasteiger partial charge on any atom is -0.465 e. The van der Waals surface area contributed by atoms with E-state index in [1.807, 2.05) is 66.7 Å². The van der Waals surface area contributed by atoms with Crippen molar-refractivity contribution in [1.82, 2.24) is 15.0 Å². The summed E-state index contributed by atoms with van der Waals surface area (Å²) in [6.45, 7) is 0.764. The van der Waals surface area contributed by atoms with Gasteiger partial charge < -0.3 is 15.2 Å². The standard InChI is InChI=1S/C24H22N4O2/c25-24-27-20-14-13-19(26-23(20)22(28-24)17-6-2-1-3-7-17)16-9-11-18(12-10-16)30-21-8-4-5-15-29-21/h1-3,6-7,9-14,21H,4-5,8,15H2,(H2,25,27,28). The van der Waals surface area contributed by atoms with Crippen LogP contribution in [0.25, 0.3) is 33.5 Å². The van der Waals surface area contributed by atoms with Crippen molar-refractivity contribution in [3.05, 3.63) is 66.7 Å². The van der Waals surface area contributed by atoms with Crippen LogP contribution in [0.15, 0.2) is 66.7 Å². The lowest BCUT2D eigenvalue weighted by Crippen LogP contribution is -2.24. The van der Waals surface area contributed by atoms with Gasteiger partial charge in [-0.2, -0.15) is 0 Å². The van der Waals surface area contributed by atoms with Crippen molar-refractivity contribution in [2.75, 3.05) is 12.3 Å². The zero-order valence-electron chi connectivity index (χ0n) is 16.5. The fourth-order valence-corrected chi connectivity index (χ4v) is 3.65. The quantitative estimate of drug-likeness (QED) is 0.529. The van der Waals surface area contributed by atoms with Crippen LogP contribution in [0.2, 0.25) is 0 Å². The Hall–Kier alpha value is -3.51. The predicted molar refractivity (Wildman–Crippen MR) is 117 cm³/mol. The molecule has 2 aromatic carbocycles. The van der Waals surface area contributed by atoms with Gasteiger partial charge in [0.25, 0.3) is 0 Å². The first-order chi connectivity index (χ1) is 14.8. The number of ether oxygens (including phenoxy) is 2. The van der Waals surface area contributed by atoms with Gasteiger partial charge in [0.05, 0.1) is 17.8 Å². The maximum absolute atomic E-state index is 5.93. The number of anilines is 1. The van der Waals surface area contributed by atoms with Crippen LogP contribution in [0.3, 0.4) is 0 Å². The van der Waals surface area contributed by atoms with Gasteiger partial charge in [0.15, 0.2) is 6.29 Å². The topological polar surface area (TPSA) is 83.2 Å². The molecule has 3 heterocycles. The van der Waals surface area contributed by atoms with Crippen LogP contribution in [0.4, 0.5) is 5.95 Å². The van der Waals surface area contributed by atoms with Crippen molar-refractivity contribution < 1.29 is 9.47 Å². The summed E-state index contributed by atoms with van der Waals surface area (Å²) in [4.78, 5) is 13.7. The largest absolute Gasteiger partial charge is 0.465 e. The number of hydrogen-bond acceptors (Lipinski definition) is 6. The highest BCUT2D eigenvalue weighted by Crippen LogP contribution is 2.29. The lowest BCUT2D eigenvalue weighted by Gasteiger charge is -2.23. The second kappa shape index (κ2) is 8.08. The van der Waals surface area contributed by atoms with Gasteiger partial charge >= 0.3 is 0 Å². The average Bonchev–Trinajstić information content (AvgIpc) is 2.80. The highest BCUT2D eigenvalue weighted by Gasteiger charge is 2.15. The first kappa shape index (κ1) is 18.5. The van der Waals surface area contributed by atoms with Gasteiger partial charge in [-0.25, -0.2) is 15.0 Å². The maximum Gasteiger partial charge on any atom is 0.221 e. The fraction of sp³-hybridized carbons (Fsp3) is 0.208. The highest BCUT2D eigenvalue weighted by molar-refractivity contribution is 5.91. The molecule has 2 aromatic heterocycles. The molecule has 4 aromatic rings. The molecule has 5 rings (SSSR count). The second-order valence-electron chi connectivity index (χ2n) is 7.30. The molecule has 0 aliphatic carbocycles. The summed E-state index contributed by atoms with van der Waals surface area (Å²) < 4.78 is 11.6. The van der Waals surface area contributed by atoms with Crippen LogP contribution in [0.5, 0.6) is 5.75 Å². The van der Waals surface area contributed by atoms with Gasteiger partial charge in [0.1, 0.15) is 17.0 Å². The third-order valence-electron chi connectivity index (χ3n) is 5.16. The molecule has 1 atom stereocenters. The SMILES string of the molecule is Nc1nc(-c2ccccc2)c2nc(-c3ccc(OC4CCCCO4)cc3)ccc2n1. The van der Waals surface area contributed by atoms with E-state index in [-0.39, 0.29) is 12.2 Å². The van der Waals surface area contributed by atoms with Crippen LogP contribution < -0.4 is 10.5 Å². The molecule has 6 heteroatoms. The van der Waals surface area contributed by atoms with E-state index >= 15 is 0 Å². The smallest absolute Gasteiger partial charge is 0.221 e. The number of aromatic nitrogens is 3. The Labute approximate surface area is 174 Å². The van der Waals surface area contributed by atoms with Gasteiger partial charge in [-0.3, -0.25) is 0 Å². The lowest BCUT2D eigenvalue weighted by molar-refractivity contribution is -0.105. The molecule has 0 bridgehead atoms. The Bertz CT molecular complexity index is 1160. The lowest BCUT2D eigenvalue weighted by atomic mass is 10.1. The van der Waals surface area contributed by atoms with Crippen LogP contribution in [0, 0.1) is 0 Å². The summed E-state index contributed by atoms with van der Waals surface area (Å²) in [6.07, 6.45) is 3.02. The first-order valence-electron chi connectivity index (χ1n) is 10.1. The number of pyridine rings is 1. The van der Waals surface area contributed by atoms with Crippen LogP contribution >= 0.6 is 0 Å². The third kappa shape index (κ3) is 3.82. The monoisotopic (exact) mass is 398 g/mol. The number of hydrogen-bond donors (Lipinski definition) is 1. The zero-order chi connectivity index (χ0) is 20.3. The number of fused-ring (bicyclic) bond motifs is 1. The summed E-state index contributed by atoms with van der Waals surface area (Å²) in [7, 11) is 0. The van der Waals surface area contributed by atoms with E-state index < -0.39 is 0 Å². The van der Waals surface area contributed by atoms with Crippen LogP contribution in [-0.2, 0) is 4.74 Å². The van der Waals surface area contributed by atoms with E-state index in [0.29, 0.717) is 0 Å². The molecular weight excluding hydrogens is 376 g/mol. The van der Waals surface area contributed by atoms with Gasteiger partial charge in [-0.05, 0) is 49.2 Å². The van der Waals surface area contributed by atoms with Crippen molar-refractivity contribution >= 4 is 17.0 Å². The van der Waals surface area contributed by atoms with E-state index in [9.17, 15) is 0 Å². The predicted octanol–water partition coefficient (Wildman–Crippen LogP) is 4.85. The van der Waals surface area contributed by atoms with Gasteiger partial charge in [0.2, 0.25) is 5.95 Å². The molecule has 150 valence electrons. The normalized spacial score (nSPS) is 16.5. The Balaban J connectivity index is 1.48. The third-order valence-corrected chi connectivity index (χ3v) is 5.16. The fourth-order valence-electron chi connectivity index (χ4n) is 3.65. The second-order valence-corrected chi connectivity index (χ2v) is 7.30. The van der Waals surface area contributed by atoms with Crippen molar-refractivity contribution in [2.24, 2.45) is 0 Å². The molecule has 1 fully saturated rings. The van der Waals surface area contributed by atoms with Crippen molar-refractivity contribution in [3.63, 3.8) is 0 Å². The first-order valence-corrected chi connectivity index (χ1v) is 10.1. The van der Waals surface area contributed by atoms with E-state index in [0.717, 1.165) is 65.2 Å². The highest BCUT2D eigenvalue weighted by atomic mass is 16.7. The number of nitrogens with two attached hydrogens (primary N) is 1. The van der Waals surface area contributed by atoms with Gasteiger partial charge in [-0.1, -0.05) is 30.3 Å². The van der Waals surface area contributed by atoms with E-state index in [1.54, 1.807) is 0 Å².